The largest absolute Gasteiger partial charge is 0.506 e. The van der Waals surface area contributed by atoms with Gasteiger partial charge in [0.05, 0.1) is 12.7 Å². The summed E-state index contributed by atoms with van der Waals surface area (Å²) in [5.74, 6) is -0.132. The lowest BCUT2D eigenvalue weighted by Gasteiger charge is -2.09. The summed E-state index contributed by atoms with van der Waals surface area (Å²) < 4.78 is 10.0. The molecule has 0 radical (unpaired) electrons. The van der Waals surface area contributed by atoms with E-state index in [1.54, 1.807) is 12.1 Å². The smallest absolute Gasteiger partial charge is 0.338 e. The number of anilines is 1. The van der Waals surface area contributed by atoms with Gasteiger partial charge in [-0.15, -0.1) is 0 Å². The van der Waals surface area contributed by atoms with E-state index in [0.717, 1.165) is 0 Å². The van der Waals surface area contributed by atoms with Crippen LogP contribution in [0.5, 0.6) is 17.4 Å². The third kappa shape index (κ3) is 2.74. The predicted octanol–water partition coefficient (Wildman–Crippen LogP) is 1.95. The minimum Gasteiger partial charge on any atom is -0.506 e. The maximum Gasteiger partial charge on any atom is 0.338 e. The van der Waals surface area contributed by atoms with Gasteiger partial charge in [-0.1, -0.05) is 6.07 Å². The Morgan fingerprint density at radius 2 is 2.16 bits per heavy atom. The first kappa shape index (κ1) is 12.7. The zero-order valence-corrected chi connectivity index (χ0v) is 10.2. The normalized spacial score (nSPS) is 9.95. The molecule has 0 bridgehead atoms. The van der Waals surface area contributed by atoms with Gasteiger partial charge in [-0.25, -0.2) is 9.78 Å². The van der Waals surface area contributed by atoms with Gasteiger partial charge in [-0.2, -0.15) is 0 Å². The van der Waals surface area contributed by atoms with Crippen LogP contribution in [0.3, 0.4) is 0 Å². The molecule has 0 atom stereocenters. The lowest BCUT2D eigenvalue weighted by molar-refractivity contribution is 0.0600. The Morgan fingerprint density at radius 3 is 2.89 bits per heavy atom. The Morgan fingerprint density at radius 1 is 1.37 bits per heavy atom. The number of carbonyl (C=O) groups excluding carboxylic acids is 1. The molecule has 1 heterocycles. The van der Waals surface area contributed by atoms with E-state index >= 15 is 0 Å². The minimum atomic E-state index is -0.490. The average molecular weight is 260 g/mol. The number of esters is 1. The lowest BCUT2D eigenvalue weighted by Crippen LogP contribution is -2.02. The van der Waals surface area contributed by atoms with Gasteiger partial charge in [-0.3, -0.25) is 0 Å². The summed E-state index contributed by atoms with van der Waals surface area (Å²) in [6, 6.07) is 7.55. The first-order valence-electron chi connectivity index (χ1n) is 5.41. The lowest BCUT2D eigenvalue weighted by atomic mass is 10.2. The highest BCUT2D eigenvalue weighted by Crippen LogP contribution is 2.32. The molecule has 0 unspecified atom stereocenters. The molecule has 0 saturated heterocycles. The Bertz CT molecular complexity index is 613. The number of methoxy groups -OCH3 is 1. The van der Waals surface area contributed by atoms with Crippen molar-refractivity contribution in [3.05, 3.63) is 42.1 Å². The van der Waals surface area contributed by atoms with E-state index in [9.17, 15) is 9.90 Å². The van der Waals surface area contributed by atoms with Crippen molar-refractivity contribution in [1.29, 1.82) is 0 Å². The van der Waals surface area contributed by atoms with E-state index in [0.29, 0.717) is 5.56 Å². The van der Waals surface area contributed by atoms with Gasteiger partial charge in [0.15, 0.2) is 5.75 Å². The second-order valence-corrected chi connectivity index (χ2v) is 3.67. The van der Waals surface area contributed by atoms with Crippen molar-refractivity contribution in [2.24, 2.45) is 0 Å². The molecule has 98 valence electrons. The van der Waals surface area contributed by atoms with Crippen LogP contribution in [-0.4, -0.2) is 23.2 Å². The summed E-state index contributed by atoms with van der Waals surface area (Å²) >= 11 is 0. The van der Waals surface area contributed by atoms with Gasteiger partial charge in [0.1, 0.15) is 11.4 Å². The fraction of sp³-hybridized carbons (Fsp3) is 0.0769. The number of aromatic nitrogens is 1. The summed E-state index contributed by atoms with van der Waals surface area (Å²) in [4.78, 5) is 15.3. The number of rotatable bonds is 3. The van der Waals surface area contributed by atoms with Gasteiger partial charge < -0.3 is 20.3 Å². The van der Waals surface area contributed by atoms with Crippen LogP contribution in [0.15, 0.2) is 36.5 Å². The van der Waals surface area contributed by atoms with Crippen molar-refractivity contribution >= 4 is 11.7 Å². The van der Waals surface area contributed by atoms with E-state index in [1.807, 2.05) is 0 Å². The topological polar surface area (TPSA) is 94.7 Å². The molecule has 0 aliphatic rings. The number of hydrogen-bond acceptors (Lipinski definition) is 6. The maximum absolute atomic E-state index is 11.4. The molecule has 0 amide bonds. The van der Waals surface area contributed by atoms with Gasteiger partial charge in [0.25, 0.3) is 0 Å². The fourth-order valence-electron chi connectivity index (χ4n) is 1.44. The number of phenolic OH excluding ortho intramolecular Hbond substituents is 1. The third-order valence-electron chi connectivity index (χ3n) is 2.41. The number of ether oxygens (including phenoxy) is 2. The number of para-hydroxylation sites is 1. The predicted molar refractivity (Wildman–Crippen MR) is 68.2 cm³/mol. The molecule has 2 rings (SSSR count). The molecule has 0 spiro atoms. The molecular weight excluding hydrogens is 248 g/mol. The Kier molecular flexibility index (Phi) is 3.51. The molecule has 0 aliphatic carbocycles. The van der Waals surface area contributed by atoms with Crippen molar-refractivity contribution < 1.29 is 19.4 Å². The summed E-state index contributed by atoms with van der Waals surface area (Å²) in [7, 11) is 1.29. The first-order chi connectivity index (χ1) is 9.11. The second-order valence-electron chi connectivity index (χ2n) is 3.67. The van der Waals surface area contributed by atoms with Crippen molar-refractivity contribution in [3.63, 3.8) is 0 Å². The zero-order chi connectivity index (χ0) is 13.8. The highest BCUT2D eigenvalue weighted by molar-refractivity contribution is 5.89. The van der Waals surface area contributed by atoms with Gasteiger partial charge in [0, 0.05) is 12.3 Å². The van der Waals surface area contributed by atoms with Crippen LogP contribution in [0, 0.1) is 0 Å². The average Bonchev–Trinajstić information content (AvgIpc) is 2.43. The quantitative estimate of drug-likeness (QED) is 0.497. The third-order valence-corrected chi connectivity index (χ3v) is 2.41. The number of nitrogens with zero attached hydrogens (tertiary/aromatic N) is 1. The molecule has 2 aromatic rings. The molecule has 19 heavy (non-hydrogen) atoms. The number of hydrogen-bond donors (Lipinski definition) is 2. The van der Waals surface area contributed by atoms with Crippen LogP contribution in [0.4, 0.5) is 5.69 Å². The van der Waals surface area contributed by atoms with Gasteiger partial charge in [0.2, 0.25) is 5.88 Å². The fourth-order valence-corrected chi connectivity index (χ4v) is 1.44. The molecule has 1 aromatic heterocycles. The standard InChI is InChI=1S/C13H12N2O4/c1-18-13(17)8-5-6-15-11(7-8)19-10-4-2-3-9(16)12(10)14/h2-7,16H,14H2,1H3. The maximum atomic E-state index is 11.4. The minimum absolute atomic E-state index is 0.0818. The second kappa shape index (κ2) is 5.26. The molecule has 3 N–H and O–H groups in total. The first-order valence-corrected chi connectivity index (χ1v) is 5.41. The molecular formula is C13H12N2O4. The summed E-state index contributed by atoms with van der Waals surface area (Å²) in [6.07, 6.45) is 1.42. The van der Waals surface area contributed by atoms with Gasteiger partial charge in [-0.05, 0) is 18.2 Å². The Labute approximate surface area is 109 Å². The van der Waals surface area contributed by atoms with E-state index in [2.05, 4.69) is 9.72 Å². The SMILES string of the molecule is COC(=O)c1ccnc(Oc2cccc(O)c2N)c1. The van der Waals surface area contributed by atoms with E-state index in [4.69, 9.17) is 10.5 Å². The molecule has 6 nitrogen and oxygen atoms in total. The number of nitrogen functional groups attached to an aromatic ring is 1. The van der Waals surface area contributed by atoms with Crippen molar-refractivity contribution in [1.82, 2.24) is 4.98 Å². The van der Waals surface area contributed by atoms with E-state index < -0.39 is 5.97 Å². The highest BCUT2D eigenvalue weighted by Gasteiger charge is 2.10. The molecule has 0 fully saturated rings. The van der Waals surface area contributed by atoms with Crippen LogP contribution in [0.1, 0.15) is 10.4 Å². The number of pyridine rings is 1. The molecule has 0 saturated carbocycles. The van der Waals surface area contributed by atoms with Crippen molar-refractivity contribution in [3.8, 4) is 17.4 Å². The van der Waals surface area contributed by atoms with Crippen molar-refractivity contribution in [2.75, 3.05) is 12.8 Å². The molecule has 0 aliphatic heterocycles. The monoisotopic (exact) mass is 260 g/mol. The van der Waals surface area contributed by atoms with Crippen molar-refractivity contribution in [2.45, 2.75) is 0 Å². The Balaban J connectivity index is 2.28. The zero-order valence-electron chi connectivity index (χ0n) is 10.2. The number of aromatic hydroxyl groups is 1. The van der Waals surface area contributed by atoms with Crippen LogP contribution in [0.2, 0.25) is 0 Å². The number of benzene rings is 1. The van der Waals surface area contributed by atoms with Gasteiger partial charge >= 0.3 is 5.97 Å². The number of carbonyl (C=O) groups is 1. The van der Waals surface area contributed by atoms with Crippen LogP contribution < -0.4 is 10.5 Å². The highest BCUT2D eigenvalue weighted by atomic mass is 16.5. The van der Waals surface area contributed by atoms with Crippen LogP contribution >= 0.6 is 0 Å². The Hall–Kier alpha value is -2.76. The summed E-state index contributed by atoms with van der Waals surface area (Å²) in [5, 5.41) is 9.46. The number of nitrogens with two attached hydrogens (primary N) is 1. The van der Waals surface area contributed by atoms with E-state index in [-0.39, 0.29) is 23.1 Å². The van der Waals surface area contributed by atoms with Crippen LogP contribution in [-0.2, 0) is 4.74 Å². The molecule has 6 heteroatoms. The summed E-state index contributed by atoms with van der Waals surface area (Å²) in [5.41, 5.74) is 6.08. The van der Waals surface area contributed by atoms with E-state index in [1.165, 1.54) is 31.5 Å². The number of phenols is 1. The summed E-state index contributed by atoms with van der Waals surface area (Å²) in [6.45, 7) is 0. The van der Waals surface area contributed by atoms with Crippen LogP contribution in [0.25, 0.3) is 0 Å². The molecule has 1 aromatic carbocycles.